The van der Waals surface area contributed by atoms with Crippen LogP contribution in [0.4, 0.5) is 0 Å². The number of nitrogens with one attached hydrogen (secondary N) is 1. The van der Waals surface area contributed by atoms with E-state index in [9.17, 15) is 14.7 Å². The van der Waals surface area contributed by atoms with Gasteiger partial charge < -0.3 is 10.0 Å². The van der Waals surface area contributed by atoms with Crippen LogP contribution in [0.3, 0.4) is 0 Å². The summed E-state index contributed by atoms with van der Waals surface area (Å²) in [6, 6.07) is 0. The SMILES string of the molecule is CN1CCN(NC(=O)[C@@H]2CCCC[C@@H]2C(=O)O)CC1. The number of nitrogens with zero attached hydrogens (tertiary/aromatic N) is 2. The fourth-order valence-corrected chi connectivity index (χ4v) is 2.90. The predicted octanol–water partition coefficient (Wildman–Crippen LogP) is 0.156. The van der Waals surface area contributed by atoms with Gasteiger partial charge in [-0.3, -0.25) is 15.0 Å². The Hall–Kier alpha value is -1.14. The second kappa shape index (κ2) is 6.34. The van der Waals surface area contributed by atoms with Crippen LogP contribution in [-0.4, -0.2) is 60.1 Å². The standard InChI is InChI=1S/C13H23N3O3/c1-15-6-8-16(9-7-15)14-12(17)10-4-2-3-5-11(10)13(18)19/h10-11H,2-9H2,1H3,(H,14,17)(H,18,19)/t10-,11+/m1/s1. The molecule has 1 saturated carbocycles. The molecule has 1 amide bonds. The van der Waals surface area contributed by atoms with E-state index in [1.807, 2.05) is 5.01 Å². The average molecular weight is 269 g/mol. The van der Waals surface area contributed by atoms with E-state index in [2.05, 4.69) is 17.4 Å². The first-order valence-corrected chi connectivity index (χ1v) is 7.04. The molecule has 0 aromatic heterocycles. The van der Waals surface area contributed by atoms with Gasteiger partial charge in [0.15, 0.2) is 0 Å². The Labute approximate surface area is 113 Å². The van der Waals surface area contributed by atoms with Crippen molar-refractivity contribution in [2.45, 2.75) is 25.7 Å². The van der Waals surface area contributed by atoms with Gasteiger partial charge in [0.25, 0.3) is 0 Å². The maximum absolute atomic E-state index is 12.2. The van der Waals surface area contributed by atoms with Crippen LogP contribution in [0.2, 0.25) is 0 Å². The van der Waals surface area contributed by atoms with E-state index in [4.69, 9.17) is 0 Å². The number of aliphatic carboxylic acids is 1. The van der Waals surface area contributed by atoms with E-state index in [-0.39, 0.29) is 11.8 Å². The molecule has 0 aromatic carbocycles. The van der Waals surface area contributed by atoms with Gasteiger partial charge in [0.05, 0.1) is 11.8 Å². The lowest BCUT2D eigenvalue weighted by Crippen LogP contribution is -2.54. The van der Waals surface area contributed by atoms with Crippen molar-refractivity contribution in [1.29, 1.82) is 0 Å². The first-order valence-electron chi connectivity index (χ1n) is 7.04. The number of rotatable bonds is 3. The zero-order valence-electron chi connectivity index (χ0n) is 11.5. The minimum absolute atomic E-state index is 0.114. The van der Waals surface area contributed by atoms with Crippen molar-refractivity contribution in [2.75, 3.05) is 33.2 Å². The number of hydrazine groups is 1. The number of carboxylic acids is 1. The van der Waals surface area contributed by atoms with E-state index >= 15 is 0 Å². The van der Waals surface area contributed by atoms with Crippen molar-refractivity contribution in [3.05, 3.63) is 0 Å². The number of amides is 1. The van der Waals surface area contributed by atoms with E-state index in [1.165, 1.54) is 0 Å². The number of hydrogen-bond donors (Lipinski definition) is 2. The Morgan fingerprint density at radius 3 is 2.21 bits per heavy atom. The molecule has 2 rings (SSSR count). The van der Waals surface area contributed by atoms with Gasteiger partial charge in [-0.1, -0.05) is 12.8 Å². The van der Waals surface area contributed by atoms with E-state index < -0.39 is 11.9 Å². The summed E-state index contributed by atoms with van der Waals surface area (Å²) >= 11 is 0. The monoisotopic (exact) mass is 269 g/mol. The van der Waals surface area contributed by atoms with Gasteiger partial charge in [-0.2, -0.15) is 0 Å². The van der Waals surface area contributed by atoms with Crippen LogP contribution in [0.1, 0.15) is 25.7 Å². The molecule has 0 bridgehead atoms. The Kier molecular flexibility index (Phi) is 4.76. The third-order valence-electron chi connectivity index (χ3n) is 4.19. The van der Waals surface area contributed by atoms with Crippen molar-refractivity contribution in [3.63, 3.8) is 0 Å². The maximum atomic E-state index is 12.2. The normalized spacial score (nSPS) is 29.9. The van der Waals surface area contributed by atoms with Crippen LogP contribution in [0.25, 0.3) is 0 Å². The van der Waals surface area contributed by atoms with Crippen molar-refractivity contribution in [2.24, 2.45) is 11.8 Å². The summed E-state index contributed by atoms with van der Waals surface area (Å²) in [5, 5.41) is 11.1. The first kappa shape index (κ1) is 14.3. The molecule has 1 heterocycles. The third kappa shape index (κ3) is 3.67. The molecule has 2 N–H and O–H groups in total. The zero-order valence-corrected chi connectivity index (χ0v) is 11.5. The van der Waals surface area contributed by atoms with Crippen LogP contribution in [0.5, 0.6) is 0 Å². The Bertz CT molecular complexity index is 340. The summed E-state index contributed by atoms with van der Waals surface area (Å²) in [5.41, 5.74) is 2.90. The van der Waals surface area contributed by atoms with Gasteiger partial charge in [-0.15, -0.1) is 0 Å². The lowest BCUT2D eigenvalue weighted by atomic mass is 9.79. The lowest BCUT2D eigenvalue weighted by Gasteiger charge is -2.35. The molecule has 1 aliphatic carbocycles. The van der Waals surface area contributed by atoms with Crippen LogP contribution in [-0.2, 0) is 9.59 Å². The van der Waals surface area contributed by atoms with Gasteiger partial charge in [0.1, 0.15) is 0 Å². The predicted molar refractivity (Wildman–Crippen MR) is 70.3 cm³/mol. The average Bonchev–Trinajstić information content (AvgIpc) is 2.41. The molecule has 0 unspecified atom stereocenters. The second-order valence-corrected chi connectivity index (χ2v) is 5.60. The smallest absolute Gasteiger partial charge is 0.307 e. The fourth-order valence-electron chi connectivity index (χ4n) is 2.90. The molecule has 6 heteroatoms. The number of carbonyl (C=O) groups is 2. The number of carboxylic acid groups (broad SMARTS) is 1. The highest BCUT2D eigenvalue weighted by atomic mass is 16.4. The molecule has 2 atom stereocenters. The first-order chi connectivity index (χ1) is 9.08. The molecule has 108 valence electrons. The summed E-state index contributed by atoms with van der Waals surface area (Å²) in [5.74, 6) is -1.83. The second-order valence-electron chi connectivity index (χ2n) is 5.60. The van der Waals surface area contributed by atoms with E-state index in [1.54, 1.807) is 0 Å². The van der Waals surface area contributed by atoms with Crippen LogP contribution >= 0.6 is 0 Å². The fraction of sp³-hybridized carbons (Fsp3) is 0.846. The lowest BCUT2D eigenvalue weighted by molar-refractivity contribution is -0.150. The molecule has 2 aliphatic rings. The third-order valence-corrected chi connectivity index (χ3v) is 4.19. The molecule has 0 aromatic rings. The van der Waals surface area contributed by atoms with Crippen molar-refractivity contribution in [1.82, 2.24) is 15.3 Å². The van der Waals surface area contributed by atoms with Crippen LogP contribution in [0, 0.1) is 11.8 Å². The van der Waals surface area contributed by atoms with E-state index in [0.717, 1.165) is 39.0 Å². The Morgan fingerprint density at radius 2 is 1.63 bits per heavy atom. The van der Waals surface area contributed by atoms with E-state index in [0.29, 0.717) is 12.8 Å². The molecule has 2 fully saturated rings. The van der Waals surface area contributed by atoms with Crippen molar-refractivity contribution < 1.29 is 14.7 Å². The molecular weight excluding hydrogens is 246 g/mol. The maximum Gasteiger partial charge on any atom is 0.307 e. The number of likely N-dealkylation sites (N-methyl/N-ethyl adjacent to an activating group) is 1. The van der Waals surface area contributed by atoms with Gasteiger partial charge in [0, 0.05) is 26.2 Å². The largest absolute Gasteiger partial charge is 0.481 e. The number of piperazine rings is 1. The molecule has 6 nitrogen and oxygen atoms in total. The summed E-state index contributed by atoms with van der Waals surface area (Å²) < 4.78 is 0. The van der Waals surface area contributed by atoms with Crippen molar-refractivity contribution in [3.8, 4) is 0 Å². The summed E-state index contributed by atoms with van der Waals surface area (Å²) in [6.07, 6.45) is 3.17. The summed E-state index contributed by atoms with van der Waals surface area (Å²) in [4.78, 5) is 25.6. The quantitative estimate of drug-likeness (QED) is 0.763. The minimum Gasteiger partial charge on any atom is -0.481 e. The van der Waals surface area contributed by atoms with Gasteiger partial charge in [-0.25, -0.2) is 5.01 Å². The Balaban J connectivity index is 1.89. The highest BCUT2D eigenvalue weighted by Gasteiger charge is 2.36. The van der Waals surface area contributed by atoms with Crippen LogP contribution < -0.4 is 5.43 Å². The molecule has 1 aliphatic heterocycles. The molecule has 0 spiro atoms. The van der Waals surface area contributed by atoms with Crippen molar-refractivity contribution >= 4 is 11.9 Å². The highest BCUT2D eigenvalue weighted by Crippen LogP contribution is 2.30. The topological polar surface area (TPSA) is 72.9 Å². The summed E-state index contributed by atoms with van der Waals surface area (Å²) in [7, 11) is 2.06. The highest BCUT2D eigenvalue weighted by molar-refractivity contribution is 5.84. The number of carbonyl (C=O) groups excluding carboxylic acids is 1. The van der Waals surface area contributed by atoms with Gasteiger partial charge in [-0.05, 0) is 19.9 Å². The molecular formula is C13H23N3O3. The summed E-state index contributed by atoms with van der Waals surface area (Å²) in [6.45, 7) is 3.44. The number of hydrogen-bond acceptors (Lipinski definition) is 4. The Morgan fingerprint density at radius 1 is 1.05 bits per heavy atom. The minimum atomic E-state index is -0.835. The molecule has 1 saturated heterocycles. The van der Waals surface area contributed by atoms with Gasteiger partial charge >= 0.3 is 5.97 Å². The molecule has 19 heavy (non-hydrogen) atoms. The van der Waals surface area contributed by atoms with Gasteiger partial charge in [0.2, 0.25) is 5.91 Å². The van der Waals surface area contributed by atoms with Crippen LogP contribution in [0.15, 0.2) is 0 Å². The zero-order chi connectivity index (χ0) is 13.8. The molecule has 0 radical (unpaired) electrons.